The molecule has 0 saturated carbocycles. The highest BCUT2D eigenvalue weighted by Gasteiger charge is 2.14. The molecule has 0 spiro atoms. The zero-order valence-electron chi connectivity index (χ0n) is 6.46. The fraction of sp³-hybridized carbons (Fsp3) is 0.444. The van der Waals surface area contributed by atoms with Crippen molar-refractivity contribution in [2.75, 3.05) is 6.54 Å². The summed E-state index contributed by atoms with van der Waals surface area (Å²) in [5, 5.41) is 3.45. The summed E-state index contributed by atoms with van der Waals surface area (Å²) in [6.45, 7) is 1.16. The first kappa shape index (κ1) is 6.80. The zero-order valence-corrected chi connectivity index (χ0v) is 6.46. The Labute approximate surface area is 66.7 Å². The first-order valence-corrected chi connectivity index (χ1v) is 4.10. The fourth-order valence-electron chi connectivity index (χ4n) is 1.56. The third kappa shape index (κ3) is 1.40. The van der Waals surface area contributed by atoms with E-state index in [0.717, 1.165) is 6.54 Å². The molecule has 1 fully saturated rings. The number of nitrogens with zero attached hydrogens (tertiary/aromatic N) is 1. The van der Waals surface area contributed by atoms with E-state index in [1.807, 2.05) is 12.4 Å². The number of hydrogen-bond donors (Lipinski definition) is 1. The summed E-state index contributed by atoms with van der Waals surface area (Å²) < 4.78 is 0. The van der Waals surface area contributed by atoms with Crippen LogP contribution in [-0.2, 0) is 0 Å². The van der Waals surface area contributed by atoms with Gasteiger partial charge >= 0.3 is 0 Å². The van der Waals surface area contributed by atoms with Crippen molar-refractivity contribution >= 4 is 0 Å². The molecule has 1 aliphatic heterocycles. The number of pyridine rings is 1. The predicted octanol–water partition coefficient (Wildman–Crippen LogP) is 1.51. The molecule has 1 N–H and O–H groups in total. The lowest BCUT2D eigenvalue weighted by atomic mass is 10.1. The second kappa shape index (κ2) is 3.01. The largest absolute Gasteiger partial charge is 0.310 e. The van der Waals surface area contributed by atoms with Crippen molar-refractivity contribution in [3.05, 3.63) is 30.1 Å². The van der Waals surface area contributed by atoms with Crippen LogP contribution in [0.5, 0.6) is 0 Å². The van der Waals surface area contributed by atoms with Gasteiger partial charge in [-0.25, -0.2) is 0 Å². The monoisotopic (exact) mass is 148 g/mol. The Hall–Kier alpha value is -0.890. The number of rotatable bonds is 1. The summed E-state index contributed by atoms with van der Waals surface area (Å²) in [5.74, 6) is 0. The molecule has 1 aromatic rings. The molecular formula is C9H12N2. The van der Waals surface area contributed by atoms with Crippen molar-refractivity contribution < 1.29 is 0 Å². The minimum Gasteiger partial charge on any atom is -0.310 e. The molecule has 2 rings (SSSR count). The molecule has 2 heterocycles. The maximum absolute atomic E-state index is 3.99. The minimum absolute atomic E-state index is 0.581. The van der Waals surface area contributed by atoms with Gasteiger partial charge in [0.25, 0.3) is 0 Å². The lowest BCUT2D eigenvalue weighted by molar-refractivity contribution is 0.647. The van der Waals surface area contributed by atoms with Crippen LogP contribution in [0.1, 0.15) is 24.4 Å². The van der Waals surface area contributed by atoms with Crippen LogP contribution in [0.4, 0.5) is 0 Å². The maximum Gasteiger partial charge on any atom is 0.0321 e. The molecule has 0 amide bonds. The summed E-state index contributed by atoms with van der Waals surface area (Å²) in [6, 6.07) is 4.75. The number of hydrogen-bond acceptors (Lipinski definition) is 2. The van der Waals surface area contributed by atoms with Gasteiger partial charge in [-0.3, -0.25) is 4.98 Å². The van der Waals surface area contributed by atoms with E-state index >= 15 is 0 Å². The zero-order chi connectivity index (χ0) is 7.52. The van der Waals surface area contributed by atoms with Gasteiger partial charge in [0.15, 0.2) is 0 Å². The Bertz CT molecular complexity index is 214. The van der Waals surface area contributed by atoms with Gasteiger partial charge in [-0.05, 0) is 37.1 Å². The normalized spacial score (nSPS) is 23.8. The van der Waals surface area contributed by atoms with Gasteiger partial charge in [-0.1, -0.05) is 0 Å². The van der Waals surface area contributed by atoms with E-state index in [0.29, 0.717) is 6.04 Å². The van der Waals surface area contributed by atoms with Crippen LogP contribution in [0, 0.1) is 0 Å². The standard InChI is InChI=1S/C9H12N2/c1-2-9(11-5-1)8-3-6-10-7-4-8/h3-4,6-7,9,11H,1-2,5H2/t9-/m0/s1. The molecule has 2 heteroatoms. The molecule has 0 aromatic carbocycles. The van der Waals surface area contributed by atoms with Crippen LogP contribution >= 0.6 is 0 Å². The van der Waals surface area contributed by atoms with Crippen LogP contribution in [0.25, 0.3) is 0 Å². The SMILES string of the molecule is c1cc([C@@H]2CCCN2)ccn1. The smallest absolute Gasteiger partial charge is 0.0321 e. The van der Waals surface area contributed by atoms with Crippen molar-refractivity contribution in [1.29, 1.82) is 0 Å². The lowest BCUT2D eigenvalue weighted by Gasteiger charge is -2.08. The third-order valence-corrected chi connectivity index (χ3v) is 2.17. The molecule has 1 atom stereocenters. The fourth-order valence-corrected chi connectivity index (χ4v) is 1.56. The van der Waals surface area contributed by atoms with Gasteiger partial charge < -0.3 is 5.32 Å². The van der Waals surface area contributed by atoms with Gasteiger partial charge in [0.2, 0.25) is 0 Å². The highest BCUT2D eigenvalue weighted by Crippen LogP contribution is 2.21. The first-order valence-electron chi connectivity index (χ1n) is 4.10. The van der Waals surface area contributed by atoms with Gasteiger partial charge in [0, 0.05) is 18.4 Å². The van der Waals surface area contributed by atoms with Crippen LogP contribution in [-0.4, -0.2) is 11.5 Å². The van der Waals surface area contributed by atoms with Crippen molar-refractivity contribution in [2.24, 2.45) is 0 Å². The predicted molar refractivity (Wildman–Crippen MR) is 44.2 cm³/mol. The molecular weight excluding hydrogens is 136 g/mol. The second-order valence-electron chi connectivity index (χ2n) is 2.93. The summed E-state index contributed by atoms with van der Waals surface area (Å²) >= 11 is 0. The Morgan fingerprint density at radius 2 is 2.18 bits per heavy atom. The molecule has 1 aliphatic rings. The molecule has 0 unspecified atom stereocenters. The topological polar surface area (TPSA) is 24.9 Å². The molecule has 1 saturated heterocycles. The van der Waals surface area contributed by atoms with Crippen molar-refractivity contribution in [1.82, 2.24) is 10.3 Å². The van der Waals surface area contributed by atoms with Crippen LogP contribution in [0.2, 0.25) is 0 Å². The van der Waals surface area contributed by atoms with Gasteiger partial charge in [-0.2, -0.15) is 0 Å². The molecule has 11 heavy (non-hydrogen) atoms. The van der Waals surface area contributed by atoms with E-state index in [-0.39, 0.29) is 0 Å². The Kier molecular flexibility index (Phi) is 1.86. The molecule has 1 aromatic heterocycles. The van der Waals surface area contributed by atoms with Gasteiger partial charge in [0.05, 0.1) is 0 Å². The van der Waals surface area contributed by atoms with Crippen molar-refractivity contribution in [3.8, 4) is 0 Å². The summed E-state index contributed by atoms with van der Waals surface area (Å²) in [7, 11) is 0. The van der Waals surface area contributed by atoms with E-state index < -0.39 is 0 Å². The van der Waals surface area contributed by atoms with Crippen molar-refractivity contribution in [3.63, 3.8) is 0 Å². The minimum atomic E-state index is 0.581. The summed E-state index contributed by atoms with van der Waals surface area (Å²) in [5.41, 5.74) is 1.37. The first-order chi connectivity index (χ1) is 5.47. The molecule has 2 nitrogen and oxygen atoms in total. The average molecular weight is 148 g/mol. The lowest BCUT2D eigenvalue weighted by Crippen LogP contribution is -2.12. The van der Waals surface area contributed by atoms with Crippen LogP contribution < -0.4 is 5.32 Å². The molecule has 0 bridgehead atoms. The molecule has 0 radical (unpaired) electrons. The molecule has 58 valence electrons. The Morgan fingerprint density at radius 3 is 2.82 bits per heavy atom. The van der Waals surface area contributed by atoms with Crippen molar-refractivity contribution in [2.45, 2.75) is 18.9 Å². The van der Waals surface area contributed by atoms with E-state index in [4.69, 9.17) is 0 Å². The van der Waals surface area contributed by atoms with Crippen LogP contribution in [0.15, 0.2) is 24.5 Å². The molecule has 0 aliphatic carbocycles. The van der Waals surface area contributed by atoms with E-state index in [9.17, 15) is 0 Å². The van der Waals surface area contributed by atoms with E-state index in [1.54, 1.807) is 0 Å². The van der Waals surface area contributed by atoms with E-state index in [1.165, 1.54) is 18.4 Å². The average Bonchev–Trinajstić information content (AvgIpc) is 2.58. The summed E-state index contributed by atoms with van der Waals surface area (Å²) in [6.07, 6.45) is 6.28. The highest BCUT2D eigenvalue weighted by molar-refractivity contribution is 5.15. The number of aromatic nitrogens is 1. The van der Waals surface area contributed by atoms with Crippen LogP contribution in [0.3, 0.4) is 0 Å². The quantitative estimate of drug-likeness (QED) is 0.653. The number of nitrogens with one attached hydrogen (secondary N) is 1. The Balaban J connectivity index is 2.16. The maximum atomic E-state index is 3.99. The van der Waals surface area contributed by atoms with E-state index in [2.05, 4.69) is 22.4 Å². The third-order valence-electron chi connectivity index (χ3n) is 2.17. The summed E-state index contributed by atoms with van der Waals surface area (Å²) in [4.78, 5) is 3.99. The highest BCUT2D eigenvalue weighted by atomic mass is 14.9. The second-order valence-corrected chi connectivity index (χ2v) is 2.93. The Morgan fingerprint density at radius 1 is 1.36 bits per heavy atom. The van der Waals surface area contributed by atoms with Gasteiger partial charge in [0.1, 0.15) is 0 Å². The van der Waals surface area contributed by atoms with Gasteiger partial charge in [-0.15, -0.1) is 0 Å².